The second-order valence-electron chi connectivity index (χ2n) is 9.47. The lowest BCUT2D eigenvalue weighted by atomic mass is 9.94. The van der Waals surface area contributed by atoms with Crippen LogP contribution in [0.3, 0.4) is 0 Å². The molecule has 0 spiro atoms. The maximum atomic E-state index is 13.3. The van der Waals surface area contributed by atoms with Gasteiger partial charge >= 0.3 is 6.09 Å². The number of amides is 4. The number of nitrogens with one attached hydrogen (secondary N) is 2. The third-order valence-electron chi connectivity index (χ3n) is 5.81. The van der Waals surface area contributed by atoms with Gasteiger partial charge in [0.15, 0.2) is 0 Å². The van der Waals surface area contributed by atoms with Crippen molar-refractivity contribution in [2.24, 2.45) is 17.6 Å². The zero-order valence-electron chi connectivity index (χ0n) is 20.0. The highest BCUT2D eigenvalue weighted by Crippen LogP contribution is 2.21. The molecule has 1 rings (SSSR count). The molecule has 31 heavy (non-hydrogen) atoms. The lowest BCUT2D eigenvalue weighted by Gasteiger charge is -2.33. The Labute approximate surface area is 185 Å². The summed E-state index contributed by atoms with van der Waals surface area (Å²) in [5.41, 5.74) is 4.77. The van der Waals surface area contributed by atoms with Crippen molar-refractivity contribution >= 4 is 23.8 Å². The van der Waals surface area contributed by atoms with E-state index in [0.29, 0.717) is 32.2 Å². The standard InChI is InChI=1S/C22H40N4O5/c1-8-13(3)16(25-21(30)31-22(5,6)7)19(28)24-17(14(4)9-2)20(29)26-12-10-11-15(26)18(23)27/h13-17H,8-12H2,1-7H3,(H2,23,27)(H,24,28)(H,25,30)/t13-,14+,15-,16-,17+/m1/s1. The van der Waals surface area contributed by atoms with Gasteiger partial charge in [0.2, 0.25) is 17.7 Å². The lowest BCUT2D eigenvalue weighted by molar-refractivity contribution is -0.142. The van der Waals surface area contributed by atoms with Gasteiger partial charge in [-0.25, -0.2) is 4.79 Å². The summed E-state index contributed by atoms with van der Waals surface area (Å²) in [4.78, 5) is 51.9. The third kappa shape index (κ3) is 7.70. The van der Waals surface area contributed by atoms with Gasteiger partial charge < -0.3 is 26.0 Å². The van der Waals surface area contributed by atoms with Crippen LogP contribution in [0.1, 0.15) is 74.1 Å². The Hall–Kier alpha value is -2.32. The van der Waals surface area contributed by atoms with Crippen molar-refractivity contribution in [3.8, 4) is 0 Å². The molecule has 4 amide bonds. The summed E-state index contributed by atoms with van der Waals surface area (Å²) in [6.07, 6.45) is 1.83. The van der Waals surface area contributed by atoms with Gasteiger partial charge in [-0.2, -0.15) is 0 Å². The molecule has 0 saturated carbocycles. The first-order valence-electron chi connectivity index (χ1n) is 11.2. The number of primary amides is 1. The molecule has 0 bridgehead atoms. The van der Waals surface area contributed by atoms with E-state index in [2.05, 4.69) is 10.6 Å². The van der Waals surface area contributed by atoms with E-state index >= 15 is 0 Å². The number of nitrogens with two attached hydrogens (primary N) is 1. The van der Waals surface area contributed by atoms with Crippen LogP contribution in [0, 0.1) is 11.8 Å². The molecule has 4 N–H and O–H groups in total. The Morgan fingerprint density at radius 1 is 1.03 bits per heavy atom. The topological polar surface area (TPSA) is 131 Å². The van der Waals surface area contributed by atoms with Crippen LogP contribution in [0.5, 0.6) is 0 Å². The minimum absolute atomic E-state index is 0.162. The molecular weight excluding hydrogens is 400 g/mol. The predicted octanol–water partition coefficient (Wildman–Crippen LogP) is 1.93. The molecule has 0 aromatic heterocycles. The molecule has 1 aliphatic rings. The van der Waals surface area contributed by atoms with E-state index in [0.717, 1.165) is 0 Å². The van der Waals surface area contributed by atoms with Gasteiger partial charge in [0.1, 0.15) is 23.7 Å². The summed E-state index contributed by atoms with van der Waals surface area (Å²) in [5.74, 6) is -1.64. The Morgan fingerprint density at radius 2 is 1.58 bits per heavy atom. The monoisotopic (exact) mass is 440 g/mol. The van der Waals surface area contributed by atoms with E-state index < -0.39 is 41.6 Å². The van der Waals surface area contributed by atoms with E-state index in [1.54, 1.807) is 20.8 Å². The summed E-state index contributed by atoms with van der Waals surface area (Å²) in [6, 6.07) is -2.32. The van der Waals surface area contributed by atoms with Gasteiger partial charge in [0.05, 0.1) is 0 Å². The summed E-state index contributed by atoms with van der Waals surface area (Å²) in [6.45, 7) is 13.2. The normalized spacial score (nSPS) is 20.4. The first-order chi connectivity index (χ1) is 14.3. The van der Waals surface area contributed by atoms with Crippen LogP contribution >= 0.6 is 0 Å². The molecule has 5 atom stereocenters. The van der Waals surface area contributed by atoms with E-state index in [1.165, 1.54) is 4.90 Å². The number of alkyl carbamates (subject to hydrolysis) is 1. The van der Waals surface area contributed by atoms with Crippen molar-refractivity contribution in [3.05, 3.63) is 0 Å². The summed E-state index contributed by atoms with van der Waals surface area (Å²) < 4.78 is 5.30. The number of ether oxygens (including phenoxy) is 1. The fraction of sp³-hybridized carbons (Fsp3) is 0.818. The maximum absolute atomic E-state index is 13.3. The largest absolute Gasteiger partial charge is 0.444 e. The highest BCUT2D eigenvalue weighted by Gasteiger charge is 2.39. The van der Waals surface area contributed by atoms with Crippen LogP contribution in [-0.4, -0.2) is 59.0 Å². The minimum atomic E-state index is -0.857. The lowest BCUT2D eigenvalue weighted by Crippen LogP contribution is -2.59. The van der Waals surface area contributed by atoms with Gasteiger partial charge in [-0.3, -0.25) is 14.4 Å². The molecule has 0 aromatic rings. The summed E-state index contributed by atoms with van der Waals surface area (Å²) in [7, 11) is 0. The van der Waals surface area contributed by atoms with E-state index in [4.69, 9.17) is 10.5 Å². The molecule has 9 nitrogen and oxygen atoms in total. The van der Waals surface area contributed by atoms with Crippen molar-refractivity contribution in [1.82, 2.24) is 15.5 Å². The zero-order chi connectivity index (χ0) is 23.9. The second kappa shape index (κ2) is 11.3. The molecule has 178 valence electrons. The van der Waals surface area contributed by atoms with Gasteiger partial charge in [0.25, 0.3) is 0 Å². The van der Waals surface area contributed by atoms with Crippen molar-refractivity contribution in [1.29, 1.82) is 0 Å². The van der Waals surface area contributed by atoms with Crippen LogP contribution < -0.4 is 16.4 Å². The molecule has 0 unspecified atom stereocenters. The van der Waals surface area contributed by atoms with E-state index in [1.807, 2.05) is 27.7 Å². The van der Waals surface area contributed by atoms with Gasteiger partial charge in [-0.1, -0.05) is 40.5 Å². The first-order valence-corrected chi connectivity index (χ1v) is 11.2. The molecule has 0 radical (unpaired) electrons. The number of hydrogen-bond donors (Lipinski definition) is 3. The fourth-order valence-electron chi connectivity index (χ4n) is 3.57. The molecule has 1 heterocycles. The van der Waals surface area contributed by atoms with Crippen LogP contribution in [0.2, 0.25) is 0 Å². The number of hydrogen-bond acceptors (Lipinski definition) is 5. The van der Waals surface area contributed by atoms with Crippen molar-refractivity contribution in [2.45, 2.75) is 97.9 Å². The number of carbonyl (C=O) groups is 4. The molecular formula is C22H40N4O5. The van der Waals surface area contributed by atoms with Gasteiger partial charge in [-0.15, -0.1) is 0 Å². The Balaban J connectivity index is 3.04. The Bertz CT molecular complexity index is 661. The molecule has 0 aromatic carbocycles. The quantitative estimate of drug-likeness (QED) is 0.504. The molecule has 9 heteroatoms. The maximum Gasteiger partial charge on any atom is 0.408 e. The van der Waals surface area contributed by atoms with Crippen molar-refractivity contribution in [2.75, 3.05) is 6.54 Å². The number of rotatable bonds is 9. The summed E-state index contributed by atoms with van der Waals surface area (Å²) >= 11 is 0. The van der Waals surface area contributed by atoms with Gasteiger partial charge in [-0.05, 0) is 45.4 Å². The highest BCUT2D eigenvalue weighted by molar-refractivity contribution is 5.94. The van der Waals surface area contributed by atoms with Crippen molar-refractivity contribution in [3.63, 3.8) is 0 Å². The number of nitrogens with zero attached hydrogens (tertiary/aromatic N) is 1. The van der Waals surface area contributed by atoms with E-state index in [9.17, 15) is 19.2 Å². The average Bonchev–Trinajstić information content (AvgIpc) is 3.17. The molecule has 1 aliphatic heterocycles. The third-order valence-corrected chi connectivity index (χ3v) is 5.81. The van der Waals surface area contributed by atoms with Crippen LogP contribution in [0.25, 0.3) is 0 Å². The minimum Gasteiger partial charge on any atom is -0.444 e. The smallest absolute Gasteiger partial charge is 0.408 e. The molecule has 1 saturated heterocycles. The van der Waals surface area contributed by atoms with Crippen LogP contribution in [-0.2, 0) is 19.1 Å². The molecule has 1 fully saturated rings. The highest BCUT2D eigenvalue weighted by atomic mass is 16.6. The van der Waals surface area contributed by atoms with Crippen LogP contribution in [0.15, 0.2) is 0 Å². The van der Waals surface area contributed by atoms with Crippen LogP contribution in [0.4, 0.5) is 4.79 Å². The van der Waals surface area contributed by atoms with E-state index in [-0.39, 0.29) is 17.7 Å². The Kier molecular flexibility index (Phi) is 9.77. The predicted molar refractivity (Wildman–Crippen MR) is 118 cm³/mol. The van der Waals surface area contributed by atoms with Gasteiger partial charge in [0, 0.05) is 6.54 Å². The fourth-order valence-corrected chi connectivity index (χ4v) is 3.57. The number of carbonyl (C=O) groups excluding carboxylic acids is 4. The average molecular weight is 441 g/mol. The Morgan fingerprint density at radius 3 is 2.06 bits per heavy atom. The number of likely N-dealkylation sites (tertiary alicyclic amines) is 1. The molecule has 0 aliphatic carbocycles. The second-order valence-corrected chi connectivity index (χ2v) is 9.47. The zero-order valence-corrected chi connectivity index (χ0v) is 20.0. The first kappa shape index (κ1) is 26.7. The van der Waals surface area contributed by atoms with Crippen molar-refractivity contribution < 1.29 is 23.9 Å². The summed E-state index contributed by atoms with van der Waals surface area (Å²) in [5, 5.41) is 5.48. The SMILES string of the molecule is CC[C@@H](C)[C@@H](NC(=O)OC(C)(C)C)C(=O)N[C@H](C(=O)N1CCC[C@@H]1C(N)=O)[C@@H](C)CC.